The second-order valence-corrected chi connectivity index (χ2v) is 5.94. The van der Waals surface area contributed by atoms with Crippen LogP contribution in [0.25, 0.3) is 0 Å². The summed E-state index contributed by atoms with van der Waals surface area (Å²) >= 11 is 6.99. The summed E-state index contributed by atoms with van der Waals surface area (Å²) in [5.74, 6) is -0.0942. The molecule has 0 aliphatic heterocycles. The van der Waals surface area contributed by atoms with Gasteiger partial charge in [0, 0.05) is 23.3 Å². The van der Waals surface area contributed by atoms with Gasteiger partial charge in [-0.15, -0.1) is 0 Å². The van der Waals surface area contributed by atoms with Gasteiger partial charge in [0.15, 0.2) is 5.12 Å². The molecule has 0 spiro atoms. The van der Waals surface area contributed by atoms with Gasteiger partial charge in [-0.2, -0.15) is 0 Å². The molecular formula is C13H16ClFO3S. The molecule has 0 amide bonds. The number of hydrogen-bond donors (Lipinski definition) is 2. The van der Waals surface area contributed by atoms with Crippen LogP contribution in [0.15, 0.2) is 12.1 Å². The number of hydrogen-bond acceptors (Lipinski definition) is 4. The normalized spacial score (nSPS) is 14.2. The highest BCUT2D eigenvalue weighted by Gasteiger charge is 2.22. The van der Waals surface area contributed by atoms with Crippen molar-refractivity contribution in [2.24, 2.45) is 0 Å². The molecule has 1 aromatic rings. The van der Waals surface area contributed by atoms with E-state index >= 15 is 0 Å². The predicted molar refractivity (Wildman–Crippen MR) is 74.9 cm³/mol. The number of carbonyl (C=O) groups excluding carboxylic acids is 1. The summed E-state index contributed by atoms with van der Waals surface area (Å²) < 4.78 is 13.4. The number of aryl methyl sites for hydroxylation is 1. The van der Waals surface area contributed by atoms with E-state index in [0.717, 1.165) is 17.8 Å². The molecule has 2 atom stereocenters. The van der Waals surface area contributed by atoms with Crippen molar-refractivity contribution in [1.29, 1.82) is 0 Å². The first kappa shape index (κ1) is 16.4. The first-order valence-corrected chi connectivity index (χ1v) is 7.14. The molecule has 2 unspecified atom stereocenters. The predicted octanol–water partition coefficient (Wildman–Crippen LogP) is 2.85. The van der Waals surface area contributed by atoms with E-state index < -0.39 is 18.0 Å². The molecule has 106 valence electrons. The second kappa shape index (κ2) is 7.24. The lowest BCUT2D eigenvalue weighted by Gasteiger charge is -2.19. The highest BCUT2D eigenvalue weighted by Crippen LogP contribution is 2.29. The first-order chi connectivity index (χ1) is 8.82. The molecule has 0 fully saturated rings. The zero-order chi connectivity index (χ0) is 14.6. The Morgan fingerprint density at radius 2 is 2.11 bits per heavy atom. The molecule has 0 radical (unpaired) electrons. The van der Waals surface area contributed by atoms with E-state index in [0.29, 0.717) is 11.3 Å². The zero-order valence-electron chi connectivity index (χ0n) is 10.7. The Labute approximate surface area is 120 Å². The van der Waals surface area contributed by atoms with Crippen LogP contribution in [0.1, 0.15) is 30.6 Å². The number of carbonyl (C=O) groups is 1. The average molecular weight is 307 g/mol. The lowest BCUT2D eigenvalue weighted by molar-refractivity contribution is -0.109. The van der Waals surface area contributed by atoms with E-state index in [2.05, 4.69) is 0 Å². The molecule has 6 heteroatoms. The Balaban J connectivity index is 2.73. The molecule has 0 aliphatic rings. The maximum atomic E-state index is 13.4. The molecular weight excluding hydrogens is 291 g/mol. The minimum Gasteiger partial charge on any atom is -0.390 e. The lowest BCUT2D eigenvalue weighted by atomic mass is 10.0. The highest BCUT2D eigenvalue weighted by atomic mass is 35.5. The fraction of sp³-hybridized carbons (Fsp3) is 0.462. The molecule has 2 N–H and O–H groups in total. The molecule has 0 saturated heterocycles. The fourth-order valence-corrected chi connectivity index (χ4v) is 2.55. The van der Waals surface area contributed by atoms with E-state index in [9.17, 15) is 19.4 Å². The highest BCUT2D eigenvalue weighted by molar-refractivity contribution is 8.13. The lowest BCUT2D eigenvalue weighted by Crippen LogP contribution is -2.19. The second-order valence-electron chi connectivity index (χ2n) is 4.26. The SMILES string of the molecule is CC(=O)SCCC(O)C(O)c1cc(F)c(C)cc1Cl. The number of halogens is 2. The van der Waals surface area contributed by atoms with Gasteiger partial charge in [-0.05, 0) is 31.0 Å². The Bertz CT molecular complexity index is 467. The number of aliphatic hydroxyl groups is 2. The molecule has 0 saturated carbocycles. The molecule has 0 bridgehead atoms. The monoisotopic (exact) mass is 306 g/mol. The fourth-order valence-electron chi connectivity index (χ4n) is 1.58. The maximum absolute atomic E-state index is 13.4. The van der Waals surface area contributed by atoms with E-state index in [4.69, 9.17) is 11.6 Å². The Kier molecular flexibility index (Phi) is 6.26. The van der Waals surface area contributed by atoms with Gasteiger partial charge in [0.25, 0.3) is 0 Å². The third-order valence-electron chi connectivity index (χ3n) is 2.68. The van der Waals surface area contributed by atoms with Crippen LogP contribution in [-0.4, -0.2) is 27.2 Å². The average Bonchev–Trinajstić information content (AvgIpc) is 2.32. The van der Waals surface area contributed by atoms with Gasteiger partial charge in [0.05, 0.1) is 6.10 Å². The number of thioether (sulfide) groups is 1. The molecule has 1 aromatic carbocycles. The van der Waals surface area contributed by atoms with Gasteiger partial charge in [-0.25, -0.2) is 4.39 Å². The van der Waals surface area contributed by atoms with Crippen molar-refractivity contribution in [2.75, 3.05) is 5.75 Å². The quantitative estimate of drug-likeness (QED) is 0.878. The minimum absolute atomic E-state index is 0.0545. The maximum Gasteiger partial charge on any atom is 0.185 e. The van der Waals surface area contributed by atoms with Gasteiger partial charge in [0.2, 0.25) is 0 Å². The third-order valence-corrected chi connectivity index (χ3v) is 3.85. The summed E-state index contributed by atoms with van der Waals surface area (Å²) in [5, 5.41) is 19.9. The number of benzene rings is 1. The van der Waals surface area contributed by atoms with E-state index in [1.54, 1.807) is 6.92 Å². The van der Waals surface area contributed by atoms with Gasteiger partial charge in [-0.3, -0.25) is 4.79 Å². The summed E-state index contributed by atoms with van der Waals surface area (Å²) in [7, 11) is 0. The minimum atomic E-state index is -1.27. The van der Waals surface area contributed by atoms with Crippen LogP contribution in [0, 0.1) is 12.7 Å². The van der Waals surface area contributed by atoms with Gasteiger partial charge in [-0.1, -0.05) is 23.4 Å². The van der Waals surface area contributed by atoms with Crippen LogP contribution in [0.5, 0.6) is 0 Å². The molecule has 19 heavy (non-hydrogen) atoms. The van der Waals surface area contributed by atoms with Crippen LogP contribution in [0.3, 0.4) is 0 Å². The number of aliphatic hydroxyl groups excluding tert-OH is 2. The molecule has 0 aromatic heterocycles. The smallest absolute Gasteiger partial charge is 0.185 e. The van der Waals surface area contributed by atoms with Crippen molar-refractivity contribution in [3.63, 3.8) is 0 Å². The zero-order valence-corrected chi connectivity index (χ0v) is 12.3. The van der Waals surface area contributed by atoms with Crippen molar-refractivity contribution in [3.05, 3.63) is 34.1 Å². The van der Waals surface area contributed by atoms with Crippen LogP contribution >= 0.6 is 23.4 Å². The van der Waals surface area contributed by atoms with Crippen molar-refractivity contribution >= 4 is 28.5 Å². The molecule has 1 rings (SSSR count). The first-order valence-electron chi connectivity index (χ1n) is 5.78. The van der Waals surface area contributed by atoms with Gasteiger partial charge < -0.3 is 10.2 Å². The topological polar surface area (TPSA) is 57.5 Å². The van der Waals surface area contributed by atoms with E-state index in [1.807, 2.05) is 0 Å². The largest absolute Gasteiger partial charge is 0.390 e. The van der Waals surface area contributed by atoms with Crippen molar-refractivity contribution in [2.45, 2.75) is 32.5 Å². The van der Waals surface area contributed by atoms with Crippen molar-refractivity contribution < 1.29 is 19.4 Å². The Morgan fingerprint density at radius 1 is 1.47 bits per heavy atom. The van der Waals surface area contributed by atoms with E-state index in [-0.39, 0.29) is 22.1 Å². The van der Waals surface area contributed by atoms with Crippen molar-refractivity contribution in [3.8, 4) is 0 Å². The van der Waals surface area contributed by atoms with Crippen LogP contribution < -0.4 is 0 Å². The summed E-state index contributed by atoms with van der Waals surface area (Å²) in [6.45, 7) is 3.00. The standard InChI is InChI=1S/C13H16ClFO3S/c1-7-5-10(14)9(6-11(7)15)13(18)12(17)3-4-19-8(2)16/h5-6,12-13,17-18H,3-4H2,1-2H3. The number of rotatable bonds is 5. The van der Waals surface area contributed by atoms with Crippen LogP contribution in [-0.2, 0) is 4.79 Å². The van der Waals surface area contributed by atoms with Gasteiger partial charge >= 0.3 is 0 Å². The summed E-state index contributed by atoms with van der Waals surface area (Å²) in [5.41, 5.74) is 0.535. The summed E-state index contributed by atoms with van der Waals surface area (Å²) in [4.78, 5) is 10.7. The Hall–Kier alpha value is -0.620. The summed E-state index contributed by atoms with van der Waals surface area (Å²) in [6.07, 6.45) is -2.14. The third kappa shape index (κ3) is 4.76. The Morgan fingerprint density at radius 3 is 2.68 bits per heavy atom. The molecule has 3 nitrogen and oxygen atoms in total. The molecule has 0 heterocycles. The van der Waals surface area contributed by atoms with E-state index in [1.165, 1.54) is 13.0 Å². The molecule has 0 aliphatic carbocycles. The van der Waals surface area contributed by atoms with Crippen LogP contribution in [0.4, 0.5) is 4.39 Å². The van der Waals surface area contributed by atoms with Crippen molar-refractivity contribution in [1.82, 2.24) is 0 Å². The summed E-state index contributed by atoms with van der Waals surface area (Å²) in [6, 6.07) is 2.54. The van der Waals surface area contributed by atoms with Crippen LogP contribution in [0.2, 0.25) is 5.02 Å². The van der Waals surface area contributed by atoms with Gasteiger partial charge in [0.1, 0.15) is 11.9 Å².